The Kier molecular flexibility index (Phi) is 4.68. The van der Waals surface area contributed by atoms with Gasteiger partial charge in [0.2, 0.25) is 0 Å². The van der Waals surface area contributed by atoms with E-state index < -0.39 is 0 Å². The summed E-state index contributed by atoms with van der Waals surface area (Å²) in [4.78, 5) is 14.3. The lowest BCUT2D eigenvalue weighted by Crippen LogP contribution is -2.47. The Bertz CT molecular complexity index is 653. The van der Waals surface area contributed by atoms with Crippen molar-refractivity contribution in [2.75, 3.05) is 18.4 Å². The standard InChI is InChI=1S/C16H21N3O3S/c1-10(2)13-6-15(18-22-13)17-16(20)19-7-11(3)21-14(8-19)12-4-5-23-9-12/h4-6,9-11,14H,7-8H2,1-3H3,(H,17,18,20)/t11-,14-/m0/s1. The maximum atomic E-state index is 12.5. The second kappa shape index (κ2) is 6.72. The van der Waals surface area contributed by atoms with E-state index in [1.807, 2.05) is 32.2 Å². The van der Waals surface area contributed by atoms with Gasteiger partial charge < -0.3 is 14.2 Å². The number of carbonyl (C=O) groups is 1. The van der Waals surface area contributed by atoms with Gasteiger partial charge in [0, 0.05) is 18.5 Å². The molecule has 1 N–H and O–H groups in total. The summed E-state index contributed by atoms with van der Waals surface area (Å²) in [5.41, 5.74) is 1.11. The number of anilines is 1. The fraction of sp³-hybridized carbons (Fsp3) is 0.500. The van der Waals surface area contributed by atoms with Gasteiger partial charge in [-0.05, 0) is 29.3 Å². The molecule has 2 aromatic heterocycles. The van der Waals surface area contributed by atoms with Crippen molar-refractivity contribution in [2.45, 2.75) is 38.9 Å². The van der Waals surface area contributed by atoms with Crippen molar-refractivity contribution in [3.63, 3.8) is 0 Å². The number of thiophene rings is 1. The maximum Gasteiger partial charge on any atom is 0.323 e. The molecule has 2 amide bonds. The average Bonchev–Trinajstić information content (AvgIpc) is 3.18. The minimum absolute atomic E-state index is 0.0112. The van der Waals surface area contributed by atoms with Crippen LogP contribution in [-0.4, -0.2) is 35.3 Å². The largest absolute Gasteiger partial charge is 0.367 e. The summed E-state index contributed by atoms with van der Waals surface area (Å²) < 4.78 is 11.2. The van der Waals surface area contributed by atoms with Crippen LogP contribution < -0.4 is 5.32 Å². The zero-order chi connectivity index (χ0) is 16.4. The highest BCUT2D eigenvalue weighted by atomic mass is 32.1. The van der Waals surface area contributed by atoms with Crippen LogP contribution in [0.25, 0.3) is 0 Å². The van der Waals surface area contributed by atoms with E-state index >= 15 is 0 Å². The first-order chi connectivity index (χ1) is 11.0. The van der Waals surface area contributed by atoms with Crippen LogP contribution in [-0.2, 0) is 4.74 Å². The Morgan fingerprint density at radius 3 is 2.96 bits per heavy atom. The summed E-state index contributed by atoms with van der Waals surface area (Å²) in [5.74, 6) is 1.44. The van der Waals surface area contributed by atoms with Crippen molar-refractivity contribution in [3.05, 3.63) is 34.2 Å². The molecule has 6 nitrogen and oxygen atoms in total. The van der Waals surface area contributed by atoms with Crippen molar-refractivity contribution in [1.82, 2.24) is 10.1 Å². The Labute approximate surface area is 139 Å². The molecule has 1 saturated heterocycles. The number of morpholine rings is 1. The van der Waals surface area contributed by atoms with E-state index in [-0.39, 0.29) is 24.2 Å². The molecular weight excluding hydrogens is 314 g/mol. The minimum Gasteiger partial charge on any atom is -0.367 e. The second-order valence-electron chi connectivity index (χ2n) is 6.10. The van der Waals surface area contributed by atoms with Gasteiger partial charge in [-0.3, -0.25) is 5.32 Å². The summed E-state index contributed by atoms with van der Waals surface area (Å²) in [6, 6.07) is 3.63. The molecule has 1 aliphatic rings. The van der Waals surface area contributed by atoms with Crippen LogP contribution in [0.1, 0.15) is 44.1 Å². The van der Waals surface area contributed by atoms with Gasteiger partial charge in [-0.15, -0.1) is 0 Å². The highest BCUT2D eigenvalue weighted by Gasteiger charge is 2.30. The molecule has 3 rings (SSSR count). The average molecular weight is 335 g/mol. The molecular formula is C16H21N3O3S. The van der Waals surface area contributed by atoms with E-state index in [0.717, 1.165) is 11.3 Å². The molecule has 1 fully saturated rings. The summed E-state index contributed by atoms with van der Waals surface area (Å²) in [6.45, 7) is 7.09. The first kappa shape index (κ1) is 16.0. The number of nitrogens with one attached hydrogen (secondary N) is 1. The Morgan fingerprint density at radius 1 is 1.48 bits per heavy atom. The molecule has 0 aliphatic carbocycles. The van der Waals surface area contributed by atoms with Crippen LogP contribution in [0, 0.1) is 0 Å². The molecule has 0 spiro atoms. The summed E-state index contributed by atoms with van der Waals surface area (Å²) in [6.07, 6.45) is -0.0952. The molecule has 0 saturated carbocycles. The Balaban J connectivity index is 1.66. The predicted molar refractivity (Wildman–Crippen MR) is 88.8 cm³/mol. The smallest absolute Gasteiger partial charge is 0.323 e. The molecule has 2 atom stereocenters. The molecule has 7 heteroatoms. The van der Waals surface area contributed by atoms with Crippen molar-refractivity contribution in [3.8, 4) is 0 Å². The number of urea groups is 1. The number of nitrogens with zero attached hydrogens (tertiary/aromatic N) is 2. The molecule has 2 aromatic rings. The lowest BCUT2D eigenvalue weighted by molar-refractivity contribution is -0.0641. The number of carbonyl (C=O) groups excluding carboxylic acids is 1. The fourth-order valence-electron chi connectivity index (χ4n) is 2.57. The first-order valence-corrected chi connectivity index (χ1v) is 8.67. The first-order valence-electron chi connectivity index (χ1n) is 7.73. The fourth-order valence-corrected chi connectivity index (χ4v) is 3.27. The lowest BCUT2D eigenvalue weighted by Gasteiger charge is -2.36. The van der Waals surface area contributed by atoms with E-state index in [4.69, 9.17) is 9.26 Å². The molecule has 0 bridgehead atoms. The third-order valence-electron chi connectivity index (χ3n) is 3.79. The second-order valence-corrected chi connectivity index (χ2v) is 6.88. The third kappa shape index (κ3) is 3.73. The van der Waals surface area contributed by atoms with Gasteiger partial charge in [0.25, 0.3) is 0 Å². The summed E-state index contributed by atoms with van der Waals surface area (Å²) >= 11 is 1.63. The summed E-state index contributed by atoms with van der Waals surface area (Å²) in [5, 5.41) is 10.8. The highest BCUT2D eigenvalue weighted by Crippen LogP contribution is 2.27. The van der Waals surface area contributed by atoms with Gasteiger partial charge in [-0.25, -0.2) is 4.79 Å². The van der Waals surface area contributed by atoms with Crippen molar-refractivity contribution < 1.29 is 14.1 Å². The molecule has 23 heavy (non-hydrogen) atoms. The van der Waals surface area contributed by atoms with Crippen LogP contribution in [0.2, 0.25) is 0 Å². The van der Waals surface area contributed by atoms with Crippen LogP contribution in [0.3, 0.4) is 0 Å². The normalized spacial score (nSPS) is 21.7. The topological polar surface area (TPSA) is 67.6 Å². The molecule has 1 aliphatic heterocycles. The quantitative estimate of drug-likeness (QED) is 0.925. The zero-order valence-corrected chi connectivity index (χ0v) is 14.3. The SMILES string of the molecule is CC(C)c1cc(NC(=O)N2C[C@@H](c3ccsc3)O[C@@H](C)C2)no1. The van der Waals surface area contributed by atoms with Gasteiger partial charge in [0.1, 0.15) is 11.9 Å². The van der Waals surface area contributed by atoms with Gasteiger partial charge in [-0.1, -0.05) is 19.0 Å². The van der Waals surface area contributed by atoms with E-state index in [2.05, 4.69) is 15.9 Å². The summed E-state index contributed by atoms with van der Waals surface area (Å²) in [7, 11) is 0. The number of amides is 2. The zero-order valence-electron chi connectivity index (χ0n) is 13.5. The number of hydrogen-bond donors (Lipinski definition) is 1. The predicted octanol–water partition coefficient (Wildman–Crippen LogP) is 3.85. The van der Waals surface area contributed by atoms with E-state index in [1.54, 1.807) is 22.3 Å². The lowest BCUT2D eigenvalue weighted by atomic mass is 10.1. The molecule has 0 radical (unpaired) electrons. The monoisotopic (exact) mass is 335 g/mol. The van der Waals surface area contributed by atoms with Crippen LogP contribution in [0.5, 0.6) is 0 Å². The minimum atomic E-state index is -0.177. The molecule has 124 valence electrons. The van der Waals surface area contributed by atoms with Gasteiger partial charge in [0.15, 0.2) is 5.82 Å². The maximum absolute atomic E-state index is 12.5. The molecule has 3 heterocycles. The number of hydrogen-bond acceptors (Lipinski definition) is 5. The van der Waals surface area contributed by atoms with Gasteiger partial charge in [0.05, 0.1) is 12.6 Å². The molecule has 0 aromatic carbocycles. The number of ether oxygens (including phenoxy) is 1. The molecule has 0 unspecified atom stereocenters. The third-order valence-corrected chi connectivity index (χ3v) is 4.50. The highest BCUT2D eigenvalue weighted by molar-refractivity contribution is 7.07. The Hall–Kier alpha value is -1.86. The van der Waals surface area contributed by atoms with E-state index in [1.165, 1.54) is 0 Å². The Morgan fingerprint density at radius 2 is 2.30 bits per heavy atom. The number of rotatable bonds is 3. The van der Waals surface area contributed by atoms with Crippen molar-refractivity contribution in [2.24, 2.45) is 0 Å². The van der Waals surface area contributed by atoms with E-state index in [0.29, 0.717) is 18.9 Å². The van der Waals surface area contributed by atoms with E-state index in [9.17, 15) is 4.79 Å². The van der Waals surface area contributed by atoms with Crippen LogP contribution >= 0.6 is 11.3 Å². The van der Waals surface area contributed by atoms with Gasteiger partial charge >= 0.3 is 6.03 Å². The van der Waals surface area contributed by atoms with Crippen LogP contribution in [0.4, 0.5) is 10.6 Å². The van der Waals surface area contributed by atoms with Gasteiger partial charge in [-0.2, -0.15) is 11.3 Å². The van der Waals surface area contributed by atoms with Crippen molar-refractivity contribution in [1.29, 1.82) is 0 Å². The van der Waals surface area contributed by atoms with Crippen LogP contribution in [0.15, 0.2) is 27.4 Å². The van der Waals surface area contributed by atoms with Crippen molar-refractivity contribution >= 4 is 23.2 Å². The number of aromatic nitrogens is 1.